The summed E-state index contributed by atoms with van der Waals surface area (Å²) in [6.07, 6.45) is 5.81. The Balaban J connectivity index is 1.78. The zero-order valence-corrected chi connectivity index (χ0v) is 11.5. The quantitative estimate of drug-likeness (QED) is 0.885. The van der Waals surface area contributed by atoms with Gasteiger partial charge in [-0.2, -0.15) is 0 Å². The smallest absolute Gasteiger partial charge is 0.220 e. The molecule has 1 N–H and O–H groups in total. The third-order valence-electron chi connectivity index (χ3n) is 3.99. The molecule has 0 aromatic heterocycles. The number of hydrogen-bond acceptors (Lipinski definition) is 1. The van der Waals surface area contributed by atoms with Crippen molar-refractivity contribution in [2.45, 2.75) is 51.5 Å². The Morgan fingerprint density at radius 2 is 2.16 bits per heavy atom. The summed E-state index contributed by atoms with van der Waals surface area (Å²) in [6, 6.07) is 6.79. The number of carbonyl (C=O) groups is 1. The van der Waals surface area contributed by atoms with Crippen LogP contribution in [0.25, 0.3) is 0 Å². The molecule has 2 nitrogen and oxygen atoms in total. The zero-order valence-electron chi connectivity index (χ0n) is 11.5. The molecule has 0 spiro atoms. The minimum Gasteiger partial charge on any atom is -0.353 e. The average Bonchev–Trinajstić information content (AvgIpc) is 2.39. The molecule has 1 aliphatic carbocycles. The molecule has 19 heavy (non-hydrogen) atoms. The Bertz CT molecular complexity index is 433. The predicted molar refractivity (Wildman–Crippen MR) is 74.3 cm³/mol. The number of halogens is 1. The molecule has 2 unspecified atom stereocenters. The lowest BCUT2D eigenvalue weighted by molar-refractivity contribution is -0.122. The largest absolute Gasteiger partial charge is 0.353 e. The molecular weight excluding hydrogens is 241 g/mol. The van der Waals surface area contributed by atoms with Crippen LogP contribution >= 0.6 is 0 Å². The molecule has 0 saturated heterocycles. The van der Waals surface area contributed by atoms with Gasteiger partial charge in [0.15, 0.2) is 0 Å². The van der Waals surface area contributed by atoms with Gasteiger partial charge in [-0.05, 0) is 42.9 Å². The van der Waals surface area contributed by atoms with E-state index in [1.54, 1.807) is 6.07 Å². The summed E-state index contributed by atoms with van der Waals surface area (Å²) in [5.74, 6) is 0.425. The maximum absolute atomic E-state index is 13.0. The van der Waals surface area contributed by atoms with Crippen molar-refractivity contribution in [3.63, 3.8) is 0 Å². The van der Waals surface area contributed by atoms with Crippen molar-refractivity contribution in [1.29, 1.82) is 0 Å². The van der Waals surface area contributed by atoms with Gasteiger partial charge in [-0.1, -0.05) is 31.9 Å². The zero-order chi connectivity index (χ0) is 13.7. The van der Waals surface area contributed by atoms with E-state index in [1.165, 1.54) is 31.4 Å². The molecule has 1 aromatic rings. The van der Waals surface area contributed by atoms with Gasteiger partial charge in [-0.15, -0.1) is 0 Å². The first kappa shape index (κ1) is 14.0. The van der Waals surface area contributed by atoms with Crippen LogP contribution in [0.15, 0.2) is 24.3 Å². The van der Waals surface area contributed by atoms with E-state index in [0.29, 0.717) is 24.8 Å². The lowest BCUT2D eigenvalue weighted by Gasteiger charge is -2.29. The van der Waals surface area contributed by atoms with Crippen LogP contribution in [0.4, 0.5) is 4.39 Å². The van der Waals surface area contributed by atoms with Gasteiger partial charge in [0, 0.05) is 12.5 Å². The summed E-state index contributed by atoms with van der Waals surface area (Å²) in [5.41, 5.74) is 0.881. The van der Waals surface area contributed by atoms with Crippen LogP contribution in [-0.4, -0.2) is 11.9 Å². The van der Waals surface area contributed by atoms with E-state index >= 15 is 0 Å². The molecule has 1 aliphatic rings. The van der Waals surface area contributed by atoms with E-state index in [1.807, 2.05) is 6.07 Å². The van der Waals surface area contributed by atoms with Gasteiger partial charge in [0.25, 0.3) is 0 Å². The number of benzene rings is 1. The second-order valence-corrected chi connectivity index (χ2v) is 5.57. The van der Waals surface area contributed by atoms with Crippen molar-refractivity contribution < 1.29 is 9.18 Å². The first-order valence-corrected chi connectivity index (χ1v) is 7.19. The topological polar surface area (TPSA) is 29.1 Å². The standard InChI is InChI=1S/C16H22FNO/c1-12-5-2-3-8-15(12)18-16(19)10-9-13-6-4-7-14(17)11-13/h4,6-7,11-12,15H,2-3,5,8-10H2,1H3,(H,18,19). The number of nitrogens with one attached hydrogen (secondary N) is 1. The van der Waals surface area contributed by atoms with Crippen LogP contribution in [0.1, 0.15) is 44.6 Å². The van der Waals surface area contributed by atoms with Crippen LogP contribution in [0.3, 0.4) is 0 Å². The predicted octanol–water partition coefficient (Wildman–Crippen LogP) is 3.45. The van der Waals surface area contributed by atoms with E-state index in [4.69, 9.17) is 0 Å². The second kappa shape index (κ2) is 6.69. The molecule has 0 radical (unpaired) electrons. The summed E-state index contributed by atoms with van der Waals surface area (Å²) >= 11 is 0. The average molecular weight is 263 g/mol. The highest BCUT2D eigenvalue weighted by molar-refractivity contribution is 5.76. The molecule has 1 amide bonds. The van der Waals surface area contributed by atoms with Crippen molar-refractivity contribution in [3.8, 4) is 0 Å². The number of carbonyl (C=O) groups excluding carboxylic acids is 1. The molecule has 0 heterocycles. The normalized spacial score (nSPS) is 23.1. The van der Waals surface area contributed by atoms with Gasteiger partial charge in [0.05, 0.1) is 0 Å². The summed E-state index contributed by atoms with van der Waals surface area (Å²) in [7, 11) is 0. The molecule has 1 fully saturated rings. The van der Waals surface area contributed by atoms with Crippen LogP contribution < -0.4 is 5.32 Å². The van der Waals surface area contributed by atoms with Crippen molar-refractivity contribution in [2.24, 2.45) is 5.92 Å². The first-order chi connectivity index (χ1) is 9.15. The van der Waals surface area contributed by atoms with E-state index in [9.17, 15) is 9.18 Å². The molecule has 0 bridgehead atoms. The molecule has 104 valence electrons. The second-order valence-electron chi connectivity index (χ2n) is 5.57. The monoisotopic (exact) mass is 263 g/mol. The van der Waals surface area contributed by atoms with Gasteiger partial charge in [0.2, 0.25) is 5.91 Å². The van der Waals surface area contributed by atoms with Gasteiger partial charge < -0.3 is 5.32 Å². The third-order valence-corrected chi connectivity index (χ3v) is 3.99. The molecule has 1 aromatic carbocycles. The third kappa shape index (κ3) is 4.34. The Morgan fingerprint density at radius 1 is 1.37 bits per heavy atom. The highest BCUT2D eigenvalue weighted by Gasteiger charge is 2.22. The number of aryl methyl sites for hydroxylation is 1. The highest BCUT2D eigenvalue weighted by atomic mass is 19.1. The summed E-state index contributed by atoms with van der Waals surface area (Å²) in [5, 5.41) is 3.12. The molecule has 0 aliphatic heterocycles. The molecule has 2 atom stereocenters. The molecule has 3 heteroatoms. The van der Waals surface area contributed by atoms with E-state index in [0.717, 1.165) is 12.0 Å². The molecule has 1 saturated carbocycles. The van der Waals surface area contributed by atoms with Gasteiger partial charge in [-0.3, -0.25) is 4.79 Å². The first-order valence-electron chi connectivity index (χ1n) is 7.19. The van der Waals surface area contributed by atoms with Gasteiger partial charge in [-0.25, -0.2) is 4.39 Å². The minimum atomic E-state index is -0.237. The summed E-state index contributed by atoms with van der Waals surface area (Å²) in [6.45, 7) is 2.21. The fourth-order valence-electron chi connectivity index (χ4n) is 2.76. The Kier molecular flexibility index (Phi) is 4.94. The Hall–Kier alpha value is -1.38. The van der Waals surface area contributed by atoms with Crippen molar-refractivity contribution in [2.75, 3.05) is 0 Å². The SMILES string of the molecule is CC1CCCCC1NC(=O)CCc1cccc(F)c1. The van der Waals surface area contributed by atoms with Crippen LogP contribution in [0.2, 0.25) is 0 Å². The van der Waals surface area contributed by atoms with E-state index in [-0.39, 0.29) is 11.7 Å². The highest BCUT2D eigenvalue weighted by Crippen LogP contribution is 2.23. The minimum absolute atomic E-state index is 0.0861. The van der Waals surface area contributed by atoms with Gasteiger partial charge >= 0.3 is 0 Å². The van der Waals surface area contributed by atoms with Crippen LogP contribution in [0, 0.1) is 11.7 Å². The van der Waals surface area contributed by atoms with Crippen molar-refractivity contribution >= 4 is 5.91 Å². The maximum atomic E-state index is 13.0. The number of hydrogen-bond donors (Lipinski definition) is 1. The lowest BCUT2D eigenvalue weighted by atomic mass is 9.86. The molecular formula is C16H22FNO. The lowest BCUT2D eigenvalue weighted by Crippen LogP contribution is -2.41. The summed E-state index contributed by atoms with van der Waals surface area (Å²) < 4.78 is 13.0. The fraction of sp³-hybridized carbons (Fsp3) is 0.562. The molecule has 2 rings (SSSR count). The van der Waals surface area contributed by atoms with Crippen LogP contribution in [0.5, 0.6) is 0 Å². The van der Waals surface area contributed by atoms with Gasteiger partial charge in [0.1, 0.15) is 5.82 Å². The van der Waals surface area contributed by atoms with Crippen LogP contribution in [-0.2, 0) is 11.2 Å². The Labute approximate surface area is 114 Å². The maximum Gasteiger partial charge on any atom is 0.220 e. The number of rotatable bonds is 4. The van der Waals surface area contributed by atoms with Crippen molar-refractivity contribution in [1.82, 2.24) is 5.32 Å². The van der Waals surface area contributed by atoms with E-state index < -0.39 is 0 Å². The summed E-state index contributed by atoms with van der Waals surface area (Å²) in [4.78, 5) is 11.9. The Morgan fingerprint density at radius 3 is 2.89 bits per heavy atom. The van der Waals surface area contributed by atoms with E-state index in [2.05, 4.69) is 12.2 Å². The van der Waals surface area contributed by atoms with Crippen molar-refractivity contribution in [3.05, 3.63) is 35.6 Å². The fourth-order valence-corrected chi connectivity index (χ4v) is 2.76. The number of amides is 1.